The van der Waals surface area contributed by atoms with Gasteiger partial charge in [0.25, 0.3) is 0 Å². The van der Waals surface area contributed by atoms with Crippen LogP contribution in [-0.4, -0.2) is 10.5 Å². The Kier molecular flexibility index (Phi) is 4.57. The van der Waals surface area contributed by atoms with Crippen LogP contribution in [0.4, 0.5) is 17.1 Å². The van der Waals surface area contributed by atoms with E-state index in [4.69, 9.17) is 11.5 Å². The first-order chi connectivity index (χ1) is 12.0. The molecule has 0 unspecified atom stereocenters. The maximum atomic E-state index is 12.1. The van der Waals surface area contributed by atoms with Gasteiger partial charge in [0.2, 0.25) is 5.91 Å². The summed E-state index contributed by atoms with van der Waals surface area (Å²) in [5, 5.41) is 2.77. The monoisotopic (exact) mass is 332 g/mol. The Balaban J connectivity index is 1.75. The normalized spacial score (nSPS) is 10.9. The quantitative estimate of drug-likeness (QED) is 0.505. The standard InChI is InChI=1S/C20H20N4O/c1-24-16(10-12-19(24)14-6-8-15(21)9-7-14)11-13-20(25)23-18-5-3-2-4-17(18)22/h2-13H,21-22H2,1H3,(H,23,25). The van der Waals surface area contributed by atoms with E-state index in [2.05, 4.69) is 5.32 Å². The third-order valence-corrected chi connectivity index (χ3v) is 3.99. The molecule has 0 atom stereocenters. The van der Waals surface area contributed by atoms with Crippen molar-refractivity contribution < 1.29 is 4.79 Å². The number of hydrogen-bond donors (Lipinski definition) is 3. The maximum absolute atomic E-state index is 12.1. The molecule has 0 aliphatic heterocycles. The van der Waals surface area contributed by atoms with Crippen molar-refractivity contribution in [2.75, 3.05) is 16.8 Å². The van der Waals surface area contributed by atoms with Crippen molar-refractivity contribution in [3.05, 3.63) is 72.4 Å². The largest absolute Gasteiger partial charge is 0.399 e. The molecule has 5 N–H and O–H groups in total. The average Bonchev–Trinajstić information content (AvgIpc) is 2.97. The molecule has 3 rings (SSSR count). The van der Waals surface area contributed by atoms with Gasteiger partial charge in [0.15, 0.2) is 0 Å². The number of para-hydroxylation sites is 2. The predicted octanol–water partition coefficient (Wildman–Crippen LogP) is 3.51. The number of anilines is 3. The van der Waals surface area contributed by atoms with E-state index in [1.807, 2.05) is 60.1 Å². The van der Waals surface area contributed by atoms with Gasteiger partial charge in [-0.2, -0.15) is 0 Å². The summed E-state index contributed by atoms with van der Waals surface area (Å²) < 4.78 is 2.02. The van der Waals surface area contributed by atoms with Crippen molar-refractivity contribution in [1.29, 1.82) is 0 Å². The van der Waals surface area contributed by atoms with Gasteiger partial charge in [0, 0.05) is 30.2 Å². The first-order valence-corrected chi connectivity index (χ1v) is 7.90. The molecule has 1 heterocycles. The molecule has 0 bridgehead atoms. The van der Waals surface area contributed by atoms with Gasteiger partial charge in [-0.15, -0.1) is 0 Å². The van der Waals surface area contributed by atoms with Gasteiger partial charge in [-0.3, -0.25) is 4.79 Å². The van der Waals surface area contributed by atoms with Crippen LogP contribution in [0.5, 0.6) is 0 Å². The summed E-state index contributed by atoms with van der Waals surface area (Å²) in [5.74, 6) is -0.229. The van der Waals surface area contributed by atoms with Crippen LogP contribution in [0.15, 0.2) is 66.7 Å². The lowest BCUT2D eigenvalue weighted by Crippen LogP contribution is -2.09. The van der Waals surface area contributed by atoms with Crippen LogP contribution in [0.3, 0.4) is 0 Å². The lowest BCUT2D eigenvalue weighted by molar-refractivity contribution is -0.111. The van der Waals surface area contributed by atoms with Crippen LogP contribution < -0.4 is 16.8 Å². The Morgan fingerprint density at radius 2 is 1.72 bits per heavy atom. The summed E-state index contributed by atoms with van der Waals surface area (Å²) in [6.07, 6.45) is 3.27. The van der Waals surface area contributed by atoms with Gasteiger partial charge < -0.3 is 21.4 Å². The van der Waals surface area contributed by atoms with Gasteiger partial charge in [0.05, 0.1) is 11.4 Å². The van der Waals surface area contributed by atoms with E-state index >= 15 is 0 Å². The number of rotatable bonds is 4. The third kappa shape index (κ3) is 3.72. The predicted molar refractivity (Wildman–Crippen MR) is 104 cm³/mol. The van der Waals surface area contributed by atoms with Gasteiger partial charge in [-0.25, -0.2) is 0 Å². The average molecular weight is 332 g/mol. The molecule has 0 aliphatic rings. The van der Waals surface area contributed by atoms with Crippen molar-refractivity contribution >= 4 is 29.0 Å². The van der Waals surface area contributed by atoms with Crippen molar-refractivity contribution in [2.45, 2.75) is 0 Å². The minimum absolute atomic E-state index is 0.229. The highest BCUT2D eigenvalue weighted by Crippen LogP contribution is 2.23. The molecule has 0 saturated heterocycles. The first-order valence-electron chi connectivity index (χ1n) is 7.90. The number of nitrogens with zero attached hydrogens (tertiary/aromatic N) is 1. The highest BCUT2D eigenvalue weighted by atomic mass is 16.1. The molecule has 3 aromatic rings. The zero-order valence-corrected chi connectivity index (χ0v) is 13.9. The first kappa shape index (κ1) is 16.4. The molecular formula is C20H20N4O. The van der Waals surface area contributed by atoms with Crippen LogP contribution in [0.25, 0.3) is 17.3 Å². The number of amides is 1. The van der Waals surface area contributed by atoms with E-state index in [1.165, 1.54) is 6.08 Å². The zero-order valence-electron chi connectivity index (χ0n) is 13.9. The molecule has 5 heteroatoms. The molecule has 0 aliphatic carbocycles. The van der Waals surface area contributed by atoms with Gasteiger partial charge in [-0.1, -0.05) is 24.3 Å². The lowest BCUT2D eigenvalue weighted by atomic mass is 10.1. The van der Waals surface area contributed by atoms with Gasteiger partial charge in [-0.05, 0) is 48.0 Å². The highest BCUT2D eigenvalue weighted by molar-refractivity contribution is 6.03. The molecule has 0 fully saturated rings. The van der Waals surface area contributed by atoms with Crippen molar-refractivity contribution in [2.24, 2.45) is 7.05 Å². The molecule has 25 heavy (non-hydrogen) atoms. The number of aromatic nitrogens is 1. The number of nitrogens with two attached hydrogens (primary N) is 2. The Morgan fingerprint density at radius 3 is 2.44 bits per heavy atom. The van der Waals surface area contributed by atoms with E-state index in [0.29, 0.717) is 11.4 Å². The summed E-state index contributed by atoms with van der Waals surface area (Å²) in [7, 11) is 1.96. The Bertz CT molecular complexity index is 923. The fourth-order valence-corrected chi connectivity index (χ4v) is 2.58. The van der Waals surface area contributed by atoms with Crippen LogP contribution in [0, 0.1) is 0 Å². The molecule has 0 radical (unpaired) electrons. The van der Waals surface area contributed by atoms with Crippen molar-refractivity contribution in [3.8, 4) is 11.3 Å². The topological polar surface area (TPSA) is 86.1 Å². The Labute approximate surface area is 146 Å². The highest BCUT2D eigenvalue weighted by Gasteiger charge is 2.06. The van der Waals surface area contributed by atoms with Crippen LogP contribution in [0.2, 0.25) is 0 Å². The second kappa shape index (κ2) is 6.97. The number of benzene rings is 2. The maximum Gasteiger partial charge on any atom is 0.248 e. The van der Waals surface area contributed by atoms with E-state index in [0.717, 1.165) is 22.6 Å². The summed E-state index contributed by atoms with van der Waals surface area (Å²) >= 11 is 0. The number of carbonyl (C=O) groups excluding carboxylic acids is 1. The smallest absolute Gasteiger partial charge is 0.248 e. The van der Waals surface area contributed by atoms with Crippen molar-refractivity contribution in [1.82, 2.24) is 4.57 Å². The lowest BCUT2D eigenvalue weighted by Gasteiger charge is -2.07. The van der Waals surface area contributed by atoms with Crippen LogP contribution in [0.1, 0.15) is 5.69 Å². The van der Waals surface area contributed by atoms with E-state index < -0.39 is 0 Å². The fraction of sp³-hybridized carbons (Fsp3) is 0.0500. The second-order valence-corrected chi connectivity index (χ2v) is 5.73. The molecular weight excluding hydrogens is 312 g/mol. The van der Waals surface area contributed by atoms with E-state index in [9.17, 15) is 4.79 Å². The fourth-order valence-electron chi connectivity index (χ4n) is 2.58. The third-order valence-electron chi connectivity index (χ3n) is 3.99. The molecule has 2 aromatic carbocycles. The van der Waals surface area contributed by atoms with Gasteiger partial charge in [0.1, 0.15) is 0 Å². The summed E-state index contributed by atoms with van der Waals surface area (Å²) in [6.45, 7) is 0. The summed E-state index contributed by atoms with van der Waals surface area (Å²) in [5.41, 5.74) is 16.5. The van der Waals surface area contributed by atoms with Crippen LogP contribution >= 0.6 is 0 Å². The SMILES string of the molecule is Cn1c(C=CC(=O)Nc2ccccc2N)ccc1-c1ccc(N)cc1. The molecule has 126 valence electrons. The molecule has 1 aromatic heterocycles. The van der Waals surface area contributed by atoms with E-state index in [-0.39, 0.29) is 5.91 Å². The van der Waals surface area contributed by atoms with Crippen molar-refractivity contribution in [3.63, 3.8) is 0 Å². The van der Waals surface area contributed by atoms with Gasteiger partial charge >= 0.3 is 0 Å². The summed E-state index contributed by atoms with van der Waals surface area (Å²) in [4.78, 5) is 12.1. The summed E-state index contributed by atoms with van der Waals surface area (Å²) in [6, 6.07) is 18.8. The number of nitrogen functional groups attached to an aromatic ring is 2. The van der Waals surface area contributed by atoms with Crippen LogP contribution in [-0.2, 0) is 11.8 Å². The minimum atomic E-state index is -0.229. The molecule has 0 spiro atoms. The molecule has 5 nitrogen and oxygen atoms in total. The number of carbonyl (C=O) groups is 1. The minimum Gasteiger partial charge on any atom is -0.399 e. The Hall–Kier alpha value is -3.47. The molecule has 1 amide bonds. The second-order valence-electron chi connectivity index (χ2n) is 5.73. The zero-order chi connectivity index (χ0) is 17.8. The Morgan fingerprint density at radius 1 is 1.00 bits per heavy atom. The number of nitrogens with one attached hydrogen (secondary N) is 1. The molecule has 0 saturated carbocycles. The van der Waals surface area contributed by atoms with E-state index in [1.54, 1.807) is 18.2 Å². The number of hydrogen-bond acceptors (Lipinski definition) is 3.